The van der Waals surface area contributed by atoms with E-state index in [0.29, 0.717) is 0 Å². The molecule has 0 atom stereocenters. The SMILES string of the molecule is CC(=O)/C=C(/C)O.[Ir].[c-]1cc(-c2ccccc2)ccc1-c1ccc2ccccc2n1. The first-order chi connectivity index (χ1) is 14.0. The van der Waals surface area contributed by atoms with Crippen LogP contribution in [0.4, 0.5) is 0 Å². The Labute approximate surface area is 190 Å². The van der Waals surface area contributed by atoms with E-state index < -0.39 is 0 Å². The normalized spacial score (nSPS) is 10.5. The van der Waals surface area contributed by atoms with Crippen molar-refractivity contribution in [1.29, 1.82) is 0 Å². The number of benzene rings is 3. The van der Waals surface area contributed by atoms with Crippen LogP contribution in [0.3, 0.4) is 0 Å². The molecule has 4 heteroatoms. The third kappa shape index (κ3) is 6.48. The number of para-hydroxylation sites is 1. The van der Waals surface area contributed by atoms with E-state index in [-0.39, 0.29) is 31.6 Å². The van der Waals surface area contributed by atoms with Crippen molar-refractivity contribution < 1.29 is 30.0 Å². The largest absolute Gasteiger partial charge is 0.512 e. The van der Waals surface area contributed by atoms with Gasteiger partial charge in [-0.2, -0.15) is 0 Å². The molecule has 4 aromatic rings. The summed E-state index contributed by atoms with van der Waals surface area (Å²) in [6.07, 6.45) is 1.17. The van der Waals surface area contributed by atoms with Gasteiger partial charge in [0.2, 0.25) is 0 Å². The van der Waals surface area contributed by atoms with E-state index in [1.807, 2.05) is 42.5 Å². The first-order valence-corrected chi connectivity index (χ1v) is 9.34. The minimum atomic E-state index is -0.125. The number of hydrogen-bond donors (Lipinski definition) is 1. The first kappa shape index (κ1) is 23.2. The number of pyridine rings is 1. The number of rotatable bonds is 3. The smallest absolute Gasteiger partial charge is 0.155 e. The van der Waals surface area contributed by atoms with Gasteiger partial charge in [-0.3, -0.25) is 9.78 Å². The second kappa shape index (κ2) is 11.2. The van der Waals surface area contributed by atoms with Crippen LogP contribution in [0.1, 0.15) is 13.8 Å². The molecule has 0 aliphatic carbocycles. The monoisotopic (exact) mass is 573 g/mol. The van der Waals surface area contributed by atoms with E-state index in [2.05, 4.69) is 48.5 Å². The summed E-state index contributed by atoms with van der Waals surface area (Å²) in [6, 6.07) is 32.3. The number of aliphatic hydroxyl groups excluding tert-OH is 1. The molecule has 0 unspecified atom stereocenters. The number of aliphatic hydroxyl groups is 1. The number of carbonyl (C=O) groups excluding carboxylic acids is 1. The van der Waals surface area contributed by atoms with E-state index in [9.17, 15) is 4.79 Å². The maximum atomic E-state index is 10.0. The molecule has 153 valence electrons. The molecule has 0 saturated heterocycles. The van der Waals surface area contributed by atoms with Crippen LogP contribution in [0.25, 0.3) is 33.3 Å². The van der Waals surface area contributed by atoms with Crippen LogP contribution in [-0.4, -0.2) is 15.9 Å². The van der Waals surface area contributed by atoms with Crippen LogP contribution >= 0.6 is 0 Å². The maximum absolute atomic E-state index is 10.0. The minimum absolute atomic E-state index is 0. The van der Waals surface area contributed by atoms with Gasteiger partial charge in [0.05, 0.1) is 11.3 Å². The summed E-state index contributed by atoms with van der Waals surface area (Å²) in [6.45, 7) is 2.85. The van der Waals surface area contributed by atoms with E-state index in [0.717, 1.165) is 22.2 Å². The van der Waals surface area contributed by atoms with Crippen LogP contribution in [-0.2, 0) is 24.9 Å². The van der Waals surface area contributed by atoms with Gasteiger partial charge in [0.25, 0.3) is 0 Å². The first-order valence-electron chi connectivity index (χ1n) is 9.34. The summed E-state index contributed by atoms with van der Waals surface area (Å²) in [4.78, 5) is 14.7. The Balaban J connectivity index is 0.000000350. The van der Waals surface area contributed by atoms with Crippen LogP contribution in [0, 0.1) is 6.07 Å². The van der Waals surface area contributed by atoms with Crippen LogP contribution in [0.5, 0.6) is 0 Å². The van der Waals surface area contributed by atoms with Gasteiger partial charge in [0.1, 0.15) is 0 Å². The Hall–Kier alpha value is -3.07. The molecule has 0 saturated carbocycles. The predicted molar refractivity (Wildman–Crippen MR) is 119 cm³/mol. The summed E-state index contributed by atoms with van der Waals surface area (Å²) in [5.41, 5.74) is 5.37. The van der Waals surface area contributed by atoms with Gasteiger partial charge in [0, 0.05) is 26.2 Å². The zero-order chi connectivity index (χ0) is 20.6. The van der Waals surface area contributed by atoms with Gasteiger partial charge in [-0.05, 0) is 31.0 Å². The van der Waals surface area contributed by atoms with Crippen molar-refractivity contribution in [1.82, 2.24) is 4.98 Å². The van der Waals surface area contributed by atoms with Crippen molar-refractivity contribution in [3.63, 3.8) is 0 Å². The fourth-order valence-corrected chi connectivity index (χ4v) is 2.90. The van der Waals surface area contributed by atoms with E-state index >= 15 is 0 Å². The standard InChI is InChI=1S/C21H14N.C5H8O2.Ir/c1-2-6-16(7-3-1)17-10-12-19(13-11-17)21-15-14-18-8-4-5-9-20(18)22-21;1-4(6)3-5(2)7;/h1-12,14-15H;3,6H,1-2H3;/q-1;;/b;4-3-;. The maximum Gasteiger partial charge on any atom is 0.155 e. The van der Waals surface area contributed by atoms with Gasteiger partial charge < -0.3 is 5.11 Å². The summed E-state index contributed by atoms with van der Waals surface area (Å²) >= 11 is 0. The number of nitrogens with zero attached hydrogens (tertiary/aromatic N) is 1. The van der Waals surface area contributed by atoms with Crippen molar-refractivity contribution in [2.45, 2.75) is 13.8 Å². The van der Waals surface area contributed by atoms with Crippen LogP contribution in [0.2, 0.25) is 0 Å². The molecule has 1 N–H and O–H groups in total. The number of hydrogen-bond acceptors (Lipinski definition) is 3. The topological polar surface area (TPSA) is 50.2 Å². The molecule has 30 heavy (non-hydrogen) atoms. The van der Waals surface area contributed by atoms with Crippen molar-refractivity contribution in [2.24, 2.45) is 0 Å². The fourth-order valence-electron chi connectivity index (χ4n) is 2.90. The summed E-state index contributed by atoms with van der Waals surface area (Å²) in [5.74, 6) is -0.0625. The second-order valence-corrected chi connectivity index (χ2v) is 6.64. The quantitative estimate of drug-likeness (QED) is 0.176. The molecular formula is C26H22IrNO2-. The number of carbonyl (C=O) groups is 1. The molecule has 4 rings (SSSR count). The summed E-state index contributed by atoms with van der Waals surface area (Å²) < 4.78 is 0. The third-order valence-corrected chi connectivity index (χ3v) is 4.21. The molecule has 0 fully saturated rings. The molecule has 0 aliphatic heterocycles. The Bertz CT molecular complexity index is 1130. The van der Waals surface area contributed by atoms with Gasteiger partial charge in [-0.1, -0.05) is 71.8 Å². The van der Waals surface area contributed by atoms with Gasteiger partial charge >= 0.3 is 0 Å². The van der Waals surface area contributed by atoms with Crippen molar-refractivity contribution in [3.8, 4) is 22.4 Å². The van der Waals surface area contributed by atoms with Crippen molar-refractivity contribution in [3.05, 3.63) is 103 Å². The number of fused-ring (bicyclic) bond motifs is 1. The molecule has 1 radical (unpaired) electrons. The van der Waals surface area contributed by atoms with Crippen molar-refractivity contribution in [2.75, 3.05) is 0 Å². The fraction of sp³-hybridized carbons (Fsp3) is 0.0769. The van der Waals surface area contributed by atoms with Gasteiger partial charge in [-0.15, -0.1) is 29.8 Å². The second-order valence-electron chi connectivity index (χ2n) is 6.64. The Kier molecular flexibility index (Phi) is 8.67. The molecule has 3 aromatic carbocycles. The third-order valence-electron chi connectivity index (χ3n) is 4.21. The Morgan fingerprint density at radius 2 is 1.57 bits per heavy atom. The minimum Gasteiger partial charge on any atom is -0.512 e. The predicted octanol–water partition coefficient (Wildman–Crippen LogP) is 6.40. The van der Waals surface area contributed by atoms with E-state index in [4.69, 9.17) is 10.1 Å². The summed E-state index contributed by atoms with van der Waals surface area (Å²) in [7, 11) is 0. The molecular weight excluding hydrogens is 551 g/mol. The van der Waals surface area contributed by atoms with Crippen molar-refractivity contribution >= 4 is 16.7 Å². The molecule has 1 aromatic heterocycles. The average Bonchev–Trinajstić information content (AvgIpc) is 2.74. The van der Waals surface area contributed by atoms with E-state index in [1.54, 1.807) is 0 Å². The molecule has 1 heterocycles. The van der Waals surface area contributed by atoms with Gasteiger partial charge in [-0.25, -0.2) is 0 Å². The number of ketones is 1. The van der Waals surface area contributed by atoms with Crippen LogP contribution in [0.15, 0.2) is 96.8 Å². The average molecular weight is 573 g/mol. The van der Waals surface area contributed by atoms with Crippen LogP contribution < -0.4 is 0 Å². The molecule has 0 spiro atoms. The molecule has 3 nitrogen and oxygen atoms in total. The molecule has 0 bridgehead atoms. The molecule has 0 amide bonds. The number of aromatic nitrogens is 1. The zero-order valence-corrected chi connectivity index (χ0v) is 19.2. The zero-order valence-electron chi connectivity index (χ0n) is 16.8. The Morgan fingerprint density at radius 1 is 0.867 bits per heavy atom. The Morgan fingerprint density at radius 3 is 2.17 bits per heavy atom. The van der Waals surface area contributed by atoms with Gasteiger partial charge in [0.15, 0.2) is 5.78 Å². The van der Waals surface area contributed by atoms with E-state index in [1.165, 1.54) is 31.1 Å². The molecule has 0 aliphatic rings. The number of allylic oxidation sites excluding steroid dienone is 2. The summed E-state index contributed by atoms with van der Waals surface area (Å²) in [5, 5.41) is 9.52.